The van der Waals surface area contributed by atoms with Crippen LogP contribution >= 0.6 is 0 Å². The maximum atomic E-state index is 15.0. The highest BCUT2D eigenvalue weighted by molar-refractivity contribution is 6.02. The molecule has 0 aliphatic heterocycles. The molecule has 0 spiro atoms. The van der Waals surface area contributed by atoms with Crippen molar-refractivity contribution < 1.29 is 32.0 Å². The molecular formula is C24H23F4N7O3. The van der Waals surface area contributed by atoms with Gasteiger partial charge in [-0.05, 0) is 44.4 Å². The largest absolute Gasteiger partial charge is 0.401 e. The number of amides is 2. The van der Waals surface area contributed by atoms with E-state index in [0.717, 1.165) is 6.07 Å². The van der Waals surface area contributed by atoms with Crippen molar-refractivity contribution in [1.82, 2.24) is 19.7 Å². The normalized spacial score (nSPS) is 15.0. The maximum Gasteiger partial charge on any atom is 0.401 e. The molecule has 0 unspecified atom stereocenters. The molecule has 3 aromatic heterocycles. The van der Waals surface area contributed by atoms with Crippen molar-refractivity contribution in [2.75, 3.05) is 16.4 Å². The van der Waals surface area contributed by atoms with E-state index in [1.165, 1.54) is 18.5 Å². The van der Waals surface area contributed by atoms with Gasteiger partial charge in [0.25, 0.3) is 0 Å². The number of carbonyl (C=O) groups excluding carboxylic acids is 1. The molecule has 1 aliphatic carbocycles. The van der Waals surface area contributed by atoms with Crippen molar-refractivity contribution in [3.8, 4) is 11.1 Å². The van der Waals surface area contributed by atoms with Gasteiger partial charge in [0.2, 0.25) is 0 Å². The molecule has 1 saturated carbocycles. The lowest BCUT2D eigenvalue weighted by Crippen LogP contribution is -2.28. The number of alkyl halides is 3. The Bertz CT molecular complexity index is 1530. The van der Waals surface area contributed by atoms with E-state index in [0.29, 0.717) is 22.2 Å². The Balaban J connectivity index is 1.35. The fraction of sp³-hybridized carbons (Fsp3) is 0.333. The summed E-state index contributed by atoms with van der Waals surface area (Å²) >= 11 is 0. The second-order valence-electron chi connectivity index (χ2n) is 9.87. The highest BCUT2D eigenvalue weighted by Crippen LogP contribution is 2.59. The van der Waals surface area contributed by atoms with Gasteiger partial charge in [0.15, 0.2) is 11.6 Å². The molecular weight excluding hydrogens is 510 g/mol. The van der Waals surface area contributed by atoms with Gasteiger partial charge in [-0.2, -0.15) is 13.2 Å². The lowest BCUT2D eigenvalue weighted by Gasteiger charge is -2.18. The van der Waals surface area contributed by atoms with Crippen LogP contribution < -0.4 is 16.4 Å². The summed E-state index contributed by atoms with van der Waals surface area (Å²) < 4.78 is 61.3. The minimum atomic E-state index is -4.49. The Kier molecular flexibility index (Phi) is 5.82. The number of hydrogen-bond donors (Lipinski definition) is 4. The number of nitrogens with one attached hydrogen (secondary N) is 2. The first kappa shape index (κ1) is 25.4. The van der Waals surface area contributed by atoms with Crippen molar-refractivity contribution in [1.29, 1.82) is 0 Å². The Morgan fingerprint density at radius 1 is 1.21 bits per heavy atom. The monoisotopic (exact) mass is 533 g/mol. The molecule has 1 fully saturated rings. The van der Waals surface area contributed by atoms with Crippen LogP contribution in [0.3, 0.4) is 0 Å². The summed E-state index contributed by atoms with van der Waals surface area (Å²) in [5.41, 5.74) is 4.14. The first-order valence-corrected chi connectivity index (χ1v) is 11.5. The van der Waals surface area contributed by atoms with Gasteiger partial charge in [-0.3, -0.25) is 5.32 Å². The predicted molar refractivity (Wildman–Crippen MR) is 130 cm³/mol. The van der Waals surface area contributed by atoms with Gasteiger partial charge in [-0.1, -0.05) is 11.2 Å². The van der Waals surface area contributed by atoms with Gasteiger partial charge in [0, 0.05) is 17.8 Å². The van der Waals surface area contributed by atoms with Crippen LogP contribution in [0.1, 0.15) is 32.4 Å². The summed E-state index contributed by atoms with van der Waals surface area (Å²) in [4.78, 5) is 20.6. The average Bonchev–Trinajstić information content (AvgIpc) is 3.39. The van der Waals surface area contributed by atoms with Gasteiger partial charge in [-0.25, -0.2) is 19.2 Å². The molecule has 2 amide bonds. The zero-order valence-electron chi connectivity index (χ0n) is 20.2. The molecule has 200 valence electrons. The molecule has 10 nitrogen and oxygen atoms in total. The highest BCUT2D eigenvalue weighted by atomic mass is 19.4. The Morgan fingerprint density at radius 2 is 1.95 bits per heavy atom. The fourth-order valence-corrected chi connectivity index (χ4v) is 4.31. The summed E-state index contributed by atoms with van der Waals surface area (Å²) in [7, 11) is 0. The molecule has 1 aromatic carbocycles. The Labute approximate surface area is 212 Å². The number of nitrogens with two attached hydrogens (primary N) is 1. The third kappa shape index (κ3) is 4.62. The Morgan fingerprint density at radius 3 is 2.58 bits per heavy atom. The van der Waals surface area contributed by atoms with Crippen LogP contribution in [0.4, 0.5) is 39.7 Å². The van der Waals surface area contributed by atoms with Crippen LogP contribution in [0.25, 0.3) is 22.2 Å². The maximum absolute atomic E-state index is 15.0. The SMILES string of the molecule is CC(C)(O)Cn1cc(-c2ccc(NC(=O)Nc3cc(C4(C(F)(F)F)CC4)on3)c(F)c2)c2c(N)ncnc21. The van der Waals surface area contributed by atoms with E-state index >= 15 is 4.39 Å². The number of aromatic nitrogens is 4. The van der Waals surface area contributed by atoms with Crippen molar-refractivity contribution >= 4 is 34.4 Å². The van der Waals surface area contributed by atoms with Crippen LogP contribution in [0.15, 0.2) is 41.3 Å². The number of halogens is 4. The molecule has 0 saturated heterocycles. The number of benzene rings is 1. The minimum absolute atomic E-state index is 0.122. The second kappa shape index (κ2) is 8.68. The predicted octanol–water partition coefficient (Wildman–Crippen LogP) is 4.82. The third-order valence-electron chi connectivity index (χ3n) is 6.28. The van der Waals surface area contributed by atoms with E-state index in [1.807, 2.05) is 0 Å². The number of nitrogen functional groups attached to an aromatic ring is 1. The zero-order chi connectivity index (χ0) is 27.5. The summed E-state index contributed by atoms with van der Waals surface area (Å²) in [6.45, 7) is 3.46. The number of anilines is 3. The molecule has 4 aromatic rings. The summed E-state index contributed by atoms with van der Waals surface area (Å²) in [5.74, 6) is -1.23. The van der Waals surface area contributed by atoms with E-state index in [9.17, 15) is 23.1 Å². The van der Waals surface area contributed by atoms with Crippen LogP contribution in [-0.2, 0) is 12.0 Å². The van der Waals surface area contributed by atoms with Crippen LogP contribution in [0, 0.1) is 5.82 Å². The topological polar surface area (TPSA) is 144 Å². The molecule has 1 aliphatic rings. The van der Waals surface area contributed by atoms with Gasteiger partial charge < -0.3 is 25.2 Å². The lowest BCUT2D eigenvalue weighted by atomic mass is 10.0. The zero-order valence-corrected chi connectivity index (χ0v) is 20.2. The van der Waals surface area contributed by atoms with Crippen molar-refractivity contribution in [2.45, 2.75) is 50.4 Å². The standard InChI is InChI=1S/C24H23F4N7O3/c1-22(2,37)10-35-9-13(18-19(29)30-11-31-20(18)35)12-3-4-15(14(25)7-12)32-21(36)33-17-8-16(38-34-17)23(5-6-23)24(26,27)28/h3-4,7-9,11,37H,5-6,10H2,1-2H3,(H2,29,30,31)(H2,32,33,34,36). The van der Waals surface area contributed by atoms with Gasteiger partial charge >= 0.3 is 12.2 Å². The quantitative estimate of drug-likeness (QED) is 0.260. The molecule has 0 bridgehead atoms. The summed E-state index contributed by atoms with van der Waals surface area (Å²) in [6, 6.07) is 4.13. The first-order chi connectivity index (χ1) is 17.8. The molecule has 5 N–H and O–H groups in total. The number of fused-ring (bicyclic) bond motifs is 1. The molecule has 38 heavy (non-hydrogen) atoms. The number of aliphatic hydroxyl groups is 1. The van der Waals surface area contributed by atoms with Crippen molar-refractivity contribution in [3.63, 3.8) is 0 Å². The van der Waals surface area contributed by atoms with E-state index in [2.05, 4.69) is 25.8 Å². The Hall–Kier alpha value is -4.20. The number of hydrogen-bond acceptors (Lipinski definition) is 7. The number of nitrogens with zero attached hydrogens (tertiary/aromatic N) is 4. The molecule has 5 rings (SSSR count). The average molecular weight is 533 g/mol. The molecule has 0 radical (unpaired) electrons. The van der Waals surface area contributed by atoms with Crippen molar-refractivity contribution in [3.05, 3.63) is 48.4 Å². The van der Waals surface area contributed by atoms with Crippen LogP contribution in [0.5, 0.6) is 0 Å². The third-order valence-corrected chi connectivity index (χ3v) is 6.28. The first-order valence-electron chi connectivity index (χ1n) is 11.5. The van der Waals surface area contributed by atoms with Gasteiger partial charge in [-0.15, -0.1) is 0 Å². The fourth-order valence-electron chi connectivity index (χ4n) is 4.31. The number of carbonyl (C=O) groups is 1. The highest BCUT2D eigenvalue weighted by Gasteiger charge is 2.66. The van der Waals surface area contributed by atoms with E-state index in [4.69, 9.17) is 10.3 Å². The van der Waals surface area contributed by atoms with E-state index < -0.39 is 29.0 Å². The minimum Gasteiger partial charge on any atom is -0.389 e. The molecule has 14 heteroatoms. The second-order valence-corrected chi connectivity index (χ2v) is 9.87. The smallest absolute Gasteiger partial charge is 0.389 e. The van der Waals surface area contributed by atoms with E-state index in [1.54, 1.807) is 30.7 Å². The summed E-state index contributed by atoms with van der Waals surface area (Å²) in [5, 5.41) is 18.8. The van der Waals surface area contributed by atoms with Crippen LogP contribution in [-0.4, -0.2) is 42.6 Å². The summed E-state index contributed by atoms with van der Waals surface area (Å²) in [6.07, 6.45) is -1.77. The van der Waals surface area contributed by atoms with Gasteiger partial charge in [0.05, 0.1) is 23.2 Å². The van der Waals surface area contributed by atoms with E-state index in [-0.39, 0.29) is 42.5 Å². The molecule has 0 atom stereocenters. The number of urea groups is 1. The van der Waals surface area contributed by atoms with Crippen LogP contribution in [0.2, 0.25) is 0 Å². The lowest BCUT2D eigenvalue weighted by molar-refractivity contribution is -0.165. The van der Waals surface area contributed by atoms with Gasteiger partial charge in [0.1, 0.15) is 29.0 Å². The number of rotatable bonds is 6. The molecule has 3 heterocycles. The van der Waals surface area contributed by atoms with Crippen molar-refractivity contribution in [2.24, 2.45) is 0 Å².